The highest BCUT2D eigenvalue weighted by atomic mass is 32.2. The summed E-state index contributed by atoms with van der Waals surface area (Å²) in [4.78, 5) is 10.9. The predicted octanol–water partition coefficient (Wildman–Crippen LogP) is 1.49. The van der Waals surface area contributed by atoms with E-state index in [-0.39, 0.29) is 15.2 Å². The van der Waals surface area contributed by atoms with Gasteiger partial charge in [0.1, 0.15) is 9.09 Å². The van der Waals surface area contributed by atoms with Crippen molar-refractivity contribution < 1.29 is 23.1 Å². The molecule has 2 atom stereocenters. The van der Waals surface area contributed by atoms with Crippen molar-refractivity contribution in [1.82, 2.24) is 4.31 Å². The molecule has 2 heterocycles. The van der Waals surface area contributed by atoms with E-state index in [0.717, 1.165) is 17.8 Å². The van der Waals surface area contributed by atoms with Crippen LogP contribution in [-0.4, -0.2) is 50.1 Å². The first-order valence-corrected chi connectivity index (χ1v) is 8.48. The normalized spacial score (nSPS) is 24.7. The van der Waals surface area contributed by atoms with Crippen LogP contribution in [0.25, 0.3) is 0 Å². The van der Waals surface area contributed by atoms with Crippen LogP contribution >= 0.6 is 11.3 Å². The van der Waals surface area contributed by atoms with Gasteiger partial charge >= 0.3 is 5.97 Å². The van der Waals surface area contributed by atoms with Gasteiger partial charge in [-0.15, -0.1) is 11.3 Å². The van der Waals surface area contributed by atoms with Crippen LogP contribution in [-0.2, 0) is 14.8 Å². The van der Waals surface area contributed by atoms with E-state index in [9.17, 15) is 13.2 Å². The number of ether oxygens (including phenoxy) is 1. The van der Waals surface area contributed by atoms with Crippen molar-refractivity contribution in [3.05, 3.63) is 17.0 Å². The van der Waals surface area contributed by atoms with Gasteiger partial charge in [-0.1, -0.05) is 6.92 Å². The Morgan fingerprint density at radius 1 is 1.50 bits per heavy atom. The summed E-state index contributed by atoms with van der Waals surface area (Å²) in [5, 5.41) is 8.87. The quantitative estimate of drug-likeness (QED) is 0.909. The van der Waals surface area contributed by atoms with E-state index >= 15 is 0 Å². The Morgan fingerprint density at radius 3 is 2.75 bits per heavy atom. The molecule has 2 rings (SSSR count). The van der Waals surface area contributed by atoms with Crippen LogP contribution in [0.2, 0.25) is 0 Å². The molecular weight excluding hydrogens is 302 g/mol. The molecule has 1 saturated heterocycles. The van der Waals surface area contributed by atoms with Gasteiger partial charge in [-0.05, 0) is 24.5 Å². The van der Waals surface area contributed by atoms with Gasteiger partial charge in [-0.2, -0.15) is 4.31 Å². The highest BCUT2D eigenvalue weighted by Gasteiger charge is 2.34. The number of aromatic carboxylic acids is 1. The van der Waals surface area contributed by atoms with E-state index in [1.807, 2.05) is 6.92 Å². The number of carboxylic acid groups (broad SMARTS) is 1. The third-order valence-electron chi connectivity index (χ3n) is 3.54. The number of methoxy groups -OCH3 is 1. The number of rotatable bonds is 4. The van der Waals surface area contributed by atoms with Crippen molar-refractivity contribution in [2.24, 2.45) is 5.92 Å². The van der Waals surface area contributed by atoms with Crippen LogP contribution in [0.1, 0.15) is 23.0 Å². The van der Waals surface area contributed by atoms with Crippen LogP contribution in [0.3, 0.4) is 0 Å². The summed E-state index contributed by atoms with van der Waals surface area (Å²) < 4.78 is 31.7. The average molecular weight is 319 g/mol. The summed E-state index contributed by atoms with van der Waals surface area (Å²) in [6.07, 6.45) is 0.604. The molecule has 1 fully saturated rings. The summed E-state index contributed by atoms with van der Waals surface area (Å²) in [5.74, 6) is -0.803. The van der Waals surface area contributed by atoms with E-state index in [1.165, 1.54) is 16.4 Å². The maximum atomic E-state index is 12.5. The van der Waals surface area contributed by atoms with Crippen LogP contribution in [0, 0.1) is 5.92 Å². The number of hydrogen-bond donors (Lipinski definition) is 1. The molecular formula is C12H17NO5S2. The highest BCUT2D eigenvalue weighted by molar-refractivity contribution is 7.91. The second-order valence-corrected chi connectivity index (χ2v) is 8.08. The lowest BCUT2D eigenvalue weighted by atomic mass is 9.97. The van der Waals surface area contributed by atoms with E-state index < -0.39 is 16.0 Å². The Morgan fingerprint density at radius 2 is 2.20 bits per heavy atom. The second-order valence-electron chi connectivity index (χ2n) is 4.83. The molecule has 0 radical (unpaired) electrons. The smallest absolute Gasteiger partial charge is 0.345 e. The molecule has 0 spiro atoms. The Hall–Kier alpha value is -0.960. The zero-order chi connectivity index (χ0) is 14.9. The van der Waals surface area contributed by atoms with Gasteiger partial charge in [0, 0.05) is 20.2 Å². The topological polar surface area (TPSA) is 83.9 Å². The minimum Gasteiger partial charge on any atom is -0.477 e. The Balaban J connectivity index is 2.23. The minimum atomic E-state index is -3.63. The summed E-state index contributed by atoms with van der Waals surface area (Å²) in [6.45, 7) is 2.77. The van der Waals surface area contributed by atoms with E-state index in [2.05, 4.69) is 0 Å². The molecule has 0 amide bonds. The van der Waals surface area contributed by atoms with Crippen LogP contribution < -0.4 is 0 Å². The van der Waals surface area contributed by atoms with Gasteiger partial charge in [0.25, 0.3) is 10.0 Å². The summed E-state index contributed by atoms with van der Waals surface area (Å²) >= 11 is 0.781. The zero-order valence-electron chi connectivity index (χ0n) is 11.3. The maximum Gasteiger partial charge on any atom is 0.345 e. The molecule has 0 bridgehead atoms. The number of piperidine rings is 1. The molecule has 6 nitrogen and oxygen atoms in total. The molecule has 0 aliphatic carbocycles. The molecule has 0 saturated carbocycles. The lowest BCUT2D eigenvalue weighted by Crippen LogP contribution is -2.46. The Kier molecular flexibility index (Phi) is 4.48. The number of thiophene rings is 1. The van der Waals surface area contributed by atoms with Crippen LogP contribution in [0.4, 0.5) is 0 Å². The number of carbonyl (C=O) groups is 1. The fourth-order valence-corrected chi connectivity index (χ4v) is 5.00. The molecule has 0 aromatic carbocycles. The highest BCUT2D eigenvalue weighted by Crippen LogP contribution is 2.29. The van der Waals surface area contributed by atoms with Crippen LogP contribution in [0.15, 0.2) is 16.3 Å². The fraction of sp³-hybridized carbons (Fsp3) is 0.583. The van der Waals surface area contributed by atoms with Crippen LogP contribution in [0.5, 0.6) is 0 Å². The average Bonchev–Trinajstić information content (AvgIpc) is 2.89. The molecule has 1 aromatic rings. The lowest BCUT2D eigenvalue weighted by Gasteiger charge is -2.35. The largest absolute Gasteiger partial charge is 0.477 e. The summed E-state index contributed by atoms with van der Waals surface area (Å²) in [7, 11) is -2.06. The van der Waals surface area contributed by atoms with Gasteiger partial charge < -0.3 is 9.84 Å². The van der Waals surface area contributed by atoms with E-state index in [0.29, 0.717) is 19.0 Å². The SMILES string of the molecule is COC1CN(S(=O)(=O)c2ccc(C(=O)O)s2)CCC1C. The first-order chi connectivity index (χ1) is 9.36. The summed E-state index contributed by atoms with van der Waals surface area (Å²) in [6, 6.07) is 2.67. The maximum absolute atomic E-state index is 12.5. The molecule has 1 aliphatic rings. The molecule has 8 heteroatoms. The van der Waals surface area contributed by atoms with Crippen molar-refractivity contribution in [3.63, 3.8) is 0 Å². The second kappa shape index (κ2) is 5.80. The predicted molar refractivity (Wildman–Crippen MR) is 74.6 cm³/mol. The van der Waals surface area contributed by atoms with Crippen molar-refractivity contribution in [1.29, 1.82) is 0 Å². The fourth-order valence-electron chi connectivity index (χ4n) is 2.23. The van der Waals surface area contributed by atoms with Gasteiger partial charge in [0.2, 0.25) is 0 Å². The van der Waals surface area contributed by atoms with Gasteiger partial charge in [0.05, 0.1) is 6.10 Å². The standard InChI is InChI=1S/C12H17NO5S2/c1-8-5-6-13(7-9(8)18-2)20(16,17)11-4-3-10(19-11)12(14)15/h3-4,8-9H,5-7H2,1-2H3,(H,14,15). The lowest BCUT2D eigenvalue weighted by molar-refractivity contribution is 0.0184. The number of nitrogens with zero attached hydrogens (tertiary/aromatic N) is 1. The minimum absolute atomic E-state index is 0.0252. The first-order valence-electron chi connectivity index (χ1n) is 6.22. The van der Waals surface area contributed by atoms with Crippen molar-refractivity contribution in [3.8, 4) is 0 Å². The summed E-state index contributed by atoms with van der Waals surface area (Å²) in [5.41, 5.74) is 0. The van der Waals surface area contributed by atoms with Crippen molar-refractivity contribution in [2.45, 2.75) is 23.7 Å². The van der Waals surface area contributed by atoms with Gasteiger partial charge in [-0.25, -0.2) is 13.2 Å². The zero-order valence-corrected chi connectivity index (χ0v) is 12.9. The molecule has 20 heavy (non-hydrogen) atoms. The number of hydrogen-bond acceptors (Lipinski definition) is 5. The third kappa shape index (κ3) is 2.88. The molecule has 2 unspecified atom stereocenters. The van der Waals surface area contributed by atoms with E-state index in [4.69, 9.17) is 9.84 Å². The van der Waals surface area contributed by atoms with E-state index in [1.54, 1.807) is 7.11 Å². The molecule has 112 valence electrons. The van der Waals surface area contributed by atoms with Crippen molar-refractivity contribution >= 4 is 27.3 Å². The first kappa shape index (κ1) is 15.4. The van der Waals surface area contributed by atoms with Gasteiger partial charge in [-0.3, -0.25) is 0 Å². The number of sulfonamides is 1. The monoisotopic (exact) mass is 319 g/mol. The Bertz CT molecular complexity index is 595. The number of carboxylic acids is 1. The van der Waals surface area contributed by atoms with Gasteiger partial charge in [0.15, 0.2) is 0 Å². The van der Waals surface area contributed by atoms with Crippen molar-refractivity contribution in [2.75, 3.05) is 20.2 Å². The molecule has 1 aliphatic heterocycles. The Labute approximate surface area is 122 Å². The molecule has 1 N–H and O–H groups in total. The third-order valence-corrected chi connectivity index (χ3v) is 6.95. The molecule has 1 aromatic heterocycles.